The fraction of sp³-hybridized carbons (Fsp3) is 0.378. The van der Waals surface area contributed by atoms with Crippen LogP contribution in [-0.4, -0.2) is 65.9 Å². The van der Waals surface area contributed by atoms with Crippen molar-refractivity contribution in [3.8, 4) is 0 Å². The van der Waals surface area contributed by atoms with Gasteiger partial charge in [0.05, 0.1) is 6.04 Å². The summed E-state index contributed by atoms with van der Waals surface area (Å²) in [4.78, 5) is 48.8. The molecule has 1 aliphatic heterocycles. The summed E-state index contributed by atoms with van der Waals surface area (Å²) in [7, 11) is 1.62. The van der Waals surface area contributed by atoms with Gasteiger partial charge in [0.25, 0.3) is 0 Å². The molecule has 3 aromatic carbocycles. The number of benzene rings is 3. The van der Waals surface area contributed by atoms with Gasteiger partial charge in [-0.05, 0) is 92.2 Å². The largest absolute Gasteiger partial charge is 0.361 e. The quantitative estimate of drug-likeness (QED) is 0.145. The molecule has 12 heteroatoms. The zero-order valence-electron chi connectivity index (χ0n) is 27.8. The standard InChI is InChI=1S/C37H46FN7O3S/c1-45-32(20-25-22-41-29-11-4-3-10-28(25)29)36(47)43-21-24-9-2-5-14-33(24)49-34-16-15-27(38)19-26(34)23-42-30(13-8-18-40)35(46)44-31(37(45)48)12-6-7-17-39/h2-5,9-11,14-16,19,22,30-32,41-42H,6-8,12-13,17-18,20-21,23,39-40H2,1H3,(H,43,47)(H,44,46)/t30?,31-,32-/m0/s1. The van der Waals surface area contributed by atoms with Crippen LogP contribution in [-0.2, 0) is 33.9 Å². The predicted octanol–water partition coefficient (Wildman–Crippen LogP) is 3.97. The lowest BCUT2D eigenvalue weighted by atomic mass is 10.0. The van der Waals surface area contributed by atoms with E-state index in [-0.39, 0.29) is 43.0 Å². The number of nitrogens with one attached hydrogen (secondary N) is 4. The van der Waals surface area contributed by atoms with E-state index in [2.05, 4.69) is 20.9 Å². The van der Waals surface area contributed by atoms with E-state index in [1.54, 1.807) is 13.1 Å². The second kappa shape index (κ2) is 17.4. The molecule has 0 fully saturated rings. The first kappa shape index (κ1) is 36.1. The first-order valence-electron chi connectivity index (χ1n) is 16.9. The molecule has 0 spiro atoms. The molecule has 2 heterocycles. The number of unbranched alkanes of at least 4 members (excludes halogenated alkanes) is 1. The van der Waals surface area contributed by atoms with Crippen molar-refractivity contribution in [2.24, 2.45) is 11.5 Å². The molecule has 0 bridgehead atoms. The number of amides is 3. The number of likely N-dealkylation sites (N-methyl/N-ethyl adjacent to an activating group) is 1. The van der Waals surface area contributed by atoms with Crippen LogP contribution in [0.25, 0.3) is 10.9 Å². The Morgan fingerprint density at radius 2 is 1.57 bits per heavy atom. The summed E-state index contributed by atoms with van der Waals surface area (Å²) in [5, 5.41) is 10.4. The Morgan fingerprint density at radius 1 is 0.837 bits per heavy atom. The zero-order valence-corrected chi connectivity index (χ0v) is 28.7. The molecule has 0 saturated carbocycles. The summed E-state index contributed by atoms with van der Waals surface area (Å²) >= 11 is 1.47. The Labute approximate surface area is 290 Å². The number of hydrogen-bond donors (Lipinski definition) is 6. The van der Waals surface area contributed by atoms with Crippen LogP contribution in [0.5, 0.6) is 0 Å². The lowest BCUT2D eigenvalue weighted by Gasteiger charge is -2.32. The van der Waals surface area contributed by atoms with Gasteiger partial charge in [0.15, 0.2) is 0 Å². The van der Waals surface area contributed by atoms with Crippen molar-refractivity contribution in [2.45, 2.75) is 79.5 Å². The fourth-order valence-electron chi connectivity index (χ4n) is 6.17. The van der Waals surface area contributed by atoms with Crippen LogP contribution in [0.4, 0.5) is 4.39 Å². The summed E-state index contributed by atoms with van der Waals surface area (Å²) in [5.74, 6) is -1.42. The van der Waals surface area contributed by atoms with Crippen molar-refractivity contribution in [2.75, 3.05) is 20.1 Å². The van der Waals surface area contributed by atoms with Crippen molar-refractivity contribution < 1.29 is 18.8 Å². The monoisotopic (exact) mass is 687 g/mol. The Bertz CT molecular complexity index is 1750. The number of hydrogen-bond acceptors (Lipinski definition) is 7. The fourth-order valence-corrected chi connectivity index (χ4v) is 7.22. The van der Waals surface area contributed by atoms with E-state index in [1.165, 1.54) is 28.8 Å². The first-order chi connectivity index (χ1) is 23.8. The van der Waals surface area contributed by atoms with Gasteiger partial charge in [0, 0.05) is 53.4 Å². The normalized spacial score (nSPS) is 19.6. The third-order valence-corrected chi connectivity index (χ3v) is 10.2. The predicted molar refractivity (Wildman–Crippen MR) is 191 cm³/mol. The summed E-state index contributed by atoms with van der Waals surface area (Å²) in [6.45, 7) is 1.28. The average molecular weight is 688 g/mol. The van der Waals surface area contributed by atoms with E-state index in [4.69, 9.17) is 11.5 Å². The Morgan fingerprint density at radius 3 is 2.39 bits per heavy atom. The van der Waals surface area contributed by atoms with Crippen molar-refractivity contribution in [3.05, 3.63) is 95.4 Å². The number of H-pyrrole nitrogens is 1. The highest BCUT2D eigenvalue weighted by Gasteiger charge is 2.34. The van der Waals surface area contributed by atoms with Crippen molar-refractivity contribution in [1.29, 1.82) is 0 Å². The third-order valence-electron chi connectivity index (χ3n) is 8.99. The minimum atomic E-state index is -0.888. The zero-order chi connectivity index (χ0) is 34.8. The van der Waals surface area contributed by atoms with Gasteiger partial charge in [0.2, 0.25) is 17.7 Å². The molecule has 3 amide bonds. The van der Waals surface area contributed by atoms with Crippen molar-refractivity contribution >= 4 is 40.4 Å². The number of nitrogens with two attached hydrogens (primary N) is 2. The Balaban J connectivity index is 1.55. The molecule has 0 aliphatic carbocycles. The highest BCUT2D eigenvalue weighted by atomic mass is 32.2. The highest BCUT2D eigenvalue weighted by Crippen LogP contribution is 2.33. The molecule has 0 saturated heterocycles. The number of para-hydroxylation sites is 1. The van der Waals surface area contributed by atoms with E-state index < -0.39 is 18.1 Å². The topological polar surface area (TPSA) is 158 Å². The smallest absolute Gasteiger partial charge is 0.245 e. The van der Waals surface area contributed by atoms with Gasteiger partial charge in [-0.15, -0.1) is 0 Å². The SMILES string of the molecule is CN1C(=O)[C@H](CCCCN)NC(=O)C(CCCN)NCc2cc(F)ccc2Sc2ccccc2CNC(=O)[C@@H]1Cc1c[nH]c2ccccc12. The minimum Gasteiger partial charge on any atom is -0.361 e. The molecule has 1 unspecified atom stereocenters. The average Bonchev–Trinajstić information content (AvgIpc) is 3.52. The molecular weight excluding hydrogens is 642 g/mol. The molecular formula is C37H46FN7O3S. The van der Waals surface area contributed by atoms with Gasteiger partial charge in [-0.2, -0.15) is 0 Å². The molecule has 5 rings (SSSR count). The number of aromatic amines is 1. The maximum atomic E-state index is 14.5. The Kier molecular flexibility index (Phi) is 12.8. The molecule has 260 valence electrons. The molecule has 49 heavy (non-hydrogen) atoms. The van der Waals surface area contributed by atoms with Crippen LogP contribution in [0, 0.1) is 5.82 Å². The van der Waals surface area contributed by atoms with Crippen LogP contribution in [0.3, 0.4) is 0 Å². The van der Waals surface area contributed by atoms with Crippen LogP contribution in [0.2, 0.25) is 0 Å². The number of nitrogens with zero attached hydrogens (tertiary/aromatic N) is 1. The first-order valence-corrected chi connectivity index (χ1v) is 17.7. The maximum absolute atomic E-state index is 14.5. The van der Waals surface area contributed by atoms with Crippen molar-refractivity contribution in [3.63, 3.8) is 0 Å². The van der Waals surface area contributed by atoms with E-state index >= 15 is 0 Å². The van der Waals surface area contributed by atoms with Crippen LogP contribution in [0.15, 0.2) is 82.7 Å². The number of carbonyl (C=O) groups excluding carboxylic acids is 3. The molecule has 1 aromatic heterocycles. The molecule has 10 nitrogen and oxygen atoms in total. The van der Waals surface area contributed by atoms with Crippen LogP contribution in [0.1, 0.15) is 48.8 Å². The van der Waals surface area contributed by atoms with E-state index in [0.717, 1.165) is 31.8 Å². The number of aromatic nitrogens is 1. The summed E-state index contributed by atoms with van der Waals surface area (Å²) < 4.78 is 14.5. The molecule has 1 aliphatic rings. The van der Waals surface area contributed by atoms with Crippen LogP contribution >= 0.6 is 11.8 Å². The van der Waals surface area contributed by atoms with E-state index in [0.29, 0.717) is 50.8 Å². The van der Waals surface area contributed by atoms with Gasteiger partial charge in [0.1, 0.15) is 17.9 Å². The molecule has 3 atom stereocenters. The highest BCUT2D eigenvalue weighted by molar-refractivity contribution is 7.99. The molecule has 0 radical (unpaired) electrons. The van der Waals surface area contributed by atoms with Crippen LogP contribution < -0.4 is 27.4 Å². The minimum absolute atomic E-state index is 0.222. The van der Waals surface area contributed by atoms with Gasteiger partial charge >= 0.3 is 0 Å². The summed E-state index contributed by atoms with van der Waals surface area (Å²) in [6.07, 6.45) is 4.78. The summed E-state index contributed by atoms with van der Waals surface area (Å²) in [6, 6.07) is 17.7. The van der Waals surface area contributed by atoms with E-state index in [1.807, 2.05) is 54.7 Å². The number of carbonyl (C=O) groups is 3. The third kappa shape index (κ3) is 9.27. The lowest BCUT2D eigenvalue weighted by Crippen LogP contribution is -2.57. The molecule has 4 aromatic rings. The molecule has 8 N–H and O–H groups in total. The summed E-state index contributed by atoms with van der Waals surface area (Å²) in [5.41, 5.74) is 15.0. The van der Waals surface area contributed by atoms with Crippen molar-refractivity contribution in [1.82, 2.24) is 25.8 Å². The van der Waals surface area contributed by atoms with Gasteiger partial charge in [-0.25, -0.2) is 4.39 Å². The maximum Gasteiger partial charge on any atom is 0.245 e. The number of rotatable bonds is 9. The van der Waals surface area contributed by atoms with Gasteiger partial charge in [-0.3, -0.25) is 14.4 Å². The second-order valence-corrected chi connectivity index (χ2v) is 13.5. The lowest BCUT2D eigenvalue weighted by molar-refractivity contribution is -0.142. The second-order valence-electron chi connectivity index (χ2n) is 12.4. The van der Waals surface area contributed by atoms with Gasteiger partial charge in [-0.1, -0.05) is 48.2 Å². The number of fused-ring (bicyclic) bond motifs is 3. The Hall–Kier alpha value is -4.23. The number of halogens is 1. The van der Waals surface area contributed by atoms with Gasteiger partial charge < -0.3 is 37.3 Å². The van der Waals surface area contributed by atoms with E-state index in [9.17, 15) is 18.8 Å².